The van der Waals surface area contributed by atoms with Crippen LogP contribution in [0.4, 0.5) is 5.95 Å². The van der Waals surface area contributed by atoms with Crippen molar-refractivity contribution in [3.05, 3.63) is 0 Å². The Bertz CT molecular complexity index is 403. The monoisotopic (exact) mass is 297 g/mol. The minimum Gasteiger partial charge on any atom is -0.463 e. The van der Waals surface area contributed by atoms with Crippen molar-refractivity contribution in [1.29, 1.82) is 0 Å². The summed E-state index contributed by atoms with van der Waals surface area (Å²) in [4.78, 5) is 12.3. The molecule has 0 spiro atoms. The maximum atomic E-state index is 5.68. The van der Waals surface area contributed by atoms with Gasteiger partial charge in [0, 0.05) is 0 Å². The lowest BCUT2D eigenvalue weighted by Crippen LogP contribution is -2.16. The van der Waals surface area contributed by atoms with Crippen LogP contribution in [0.3, 0.4) is 0 Å². The number of hydrogen-bond acceptors (Lipinski definition) is 7. The van der Waals surface area contributed by atoms with E-state index in [0.717, 1.165) is 19.3 Å². The van der Waals surface area contributed by atoms with Crippen LogP contribution in [-0.4, -0.2) is 28.2 Å². The van der Waals surface area contributed by atoms with E-state index in [1.54, 1.807) is 0 Å². The molecule has 1 atom stereocenters. The lowest BCUT2D eigenvalue weighted by atomic mass is 10.0. The third-order valence-corrected chi connectivity index (χ3v) is 3.15. The third kappa shape index (κ3) is 6.57. The quantitative estimate of drug-likeness (QED) is 0.478. The van der Waals surface area contributed by atoms with E-state index < -0.39 is 0 Å². The molecule has 1 heterocycles. The molecule has 0 aliphatic heterocycles. The molecule has 21 heavy (non-hydrogen) atoms. The third-order valence-electron chi connectivity index (χ3n) is 3.15. The van der Waals surface area contributed by atoms with E-state index in [1.807, 2.05) is 6.92 Å². The van der Waals surface area contributed by atoms with Gasteiger partial charge < -0.3 is 9.47 Å². The fraction of sp³-hybridized carbons (Fsp3) is 0.786. The molecule has 0 fully saturated rings. The highest BCUT2D eigenvalue weighted by Gasteiger charge is 2.11. The second-order valence-electron chi connectivity index (χ2n) is 4.94. The van der Waals surface area contributed by atoms with Crippen molar-refractivity contribution < 1.29 is 9.47 Å². The number of nitrogens with one attached hydrogen (secondary N) is 1. The lowest BCUT2D eigenvalue weighted by Gasteiger charge is -2.15. The van der Waals surface area contributed by atoms with Crippen molar-refractivity contribution in [1.82, 2.24) is 15.0 Å². The molecule has 0 saturated carbocycles. The number of rotatable bonds is 11. The van der Waals surface area contributed by atoms with Crippen LogP contribution in [0.5, 0.6) is 12.0 Å². The zero-order chi connectivity index (χ0) is 15.5. The van der Waals surface area contributed by atoms with Gasteiger partial charge in [0.2, 0.25) is 5.95 Å². The van der Waals surface area contributed by atoms with Crippen LogP contribution in [-0.2, 0) is 0 Å². The molecule has 0 aliphatic rings. The van der Waals surface area contributed by atoms with Gasteiger partial charge in [0.25, 0.3) is 0 Å². The van der Waals surface area contributed by atoms with Gasteiger partial charge in [-0.25, -0.2) is 5.84 Å². The summed E-state index contributed by atoms with van der Waals surface area (Å²) in [7, 11) is 0. The summed E-state index contributed by atoms with van der Waals surface area (Å²) in [6.45, 7) is 7.51. The zero-order valence-corrected chi connectivity index (χ0v) is 13.3. The second kappa shape index (κ2) is 10.1. The second-order valence-corrected chi connectivity index (χ2v) is 4.94. The van der Waals surface area contributed by atoms with Crippen molar-refractivity contribution in [3.8, 4) is 12.0 Å². The number of hydrogen-bond donors (Lipinski definition) is 2. The molecule has 0 amide bonds. The molecule has 7 nitrogen and oxygen atoms in total. The van der Waals surface area contributed by atoms with Gasteiger partial charge in [-0.15, -0.1) is 4.98 Å². The van der Waals surface area contributed by atoms with Gasteiger partial charge in [-0.05, 0) is 18.8 Å². The fourth-order valence-electron chi connectivity index (χ4n) is 1.82. The van der Waals surface area contributed by atoms with Crippen molar-refractivity contribution in [2.75, 3.05) is 18.6 Å². The number of anilines is 1. The Morgan fingerprint density at radius 3 is 2.33 bits per heavy atom. The number of aromatic nitrogens is 3. The molecular formula is C14H27N5O2. The van der Waals surface area contributed by atoms with E-state index in [1.165, 1.54) is 12.8 Å². The van der Waals surface area contributed by atoms with Crippen LogP contribution >= 0.6 is 0 Å². The molecule has 7 heteroatoms. The first-order valence-electron chi connectivity index (χ1n) is 7.71. The first-order valence-corrected chi connectivity index (χ1v) is 7.71. The number of nitrogen functional groups attached to an aromatic ring is 1. The van der Waals surface area contributed by atoms with E-state index in [4.69, 9.17) is 15.3 Å². The van der Waals surface area contributed by atoms with E-state index in [2.05, 4.69) is 34.2 Å². The molecule has 0 aliphatic carbocycles. The number of unbranched alkanes of at least 4 members (excludes halogenated alkanes) is 1. The molecule has 1 aromatic rings. The van der Waals surface area contributed by atoms with Gasteiger partial charge in [0.15, 0.2) is 0 Å². The zero-order valence-electron chi connectivity index (χ0n) is 13.3. The molecule has 3 N–H and O–H groups in total. The number of nitrogens with two attached hydrogens (primary N) is 1. The number of hydrazine groups is 1. The predicted octanol–water partition coefficient (Wildman–Crippen LogP) is 2.54. The van der Waals surface area contributed by atoms with E-state index in [-0.39, 0.29) is 18.0 Å². The highest BCUT2D eigenvalue weighted by atomic mass is 16.5. The summed E-state index contributed by atoms with van der Waals surface area (Å²) >= 11 is 0. The summed E-state index contributed by atoms with van der Waals surface area (Å²) in [6, 6.07) is 0.482. The Morgan fingerprint density at radius 1 is 1.05 bits per heavy atom. The Labute approximate surface area is 126 Å². The van der Waals surface area contributed by atoms with Gasteiger partial charge in [0.05, 0.1) is 13.2 Å². The normalized spacial score (nSPS) is 12.0. The highest BCUT2D eigenvalue weighted by Crippen LogP contribution is 2.16. The topological polar surface area (TPSA) is 95.2 Å². The van der Waals surface area contributed by atoms with Crippen molar-refractivity contribution in [2.24, 2.45) is 11.8 Å². The molecule has 1 aromatic heterocycles. The Balaban J connectivity index is 2.63. The molecule has 0 aromatic carbocycles. The van der Waals surface area contributed by atoms with Gasteiger partial charge >= 0.3 is 12.0 Å². The van der Waals surface area contributed by atoms with Crippen LogP contribution in [0, 0.1) is 5.92 Å². The summed E-state index contributed by atoms with van der Waals surface area (Å²) in [5, 5.41) is 0. The van der Waals surface area contributed by atoms with Gasteiger partial charge in [-0.2, -0.15) is 9.97 Å². The summed E-state index contributed by atoms with van der Waals surface area (Å²) < 4.78 is 11.1. The molecule has 120 valence electrons. The van der Waals surface area contributed by atoms with Crippen LogP contribution in [0.2, 0.25) is 0 Å². The van der Waals surface area contributed by atoms with E-state index in [0.29, 0.717) is 19.1 Å². The van der Waals surface area contributed by atoms with Crippen molar-refractivity contribution in [2.45, 2.75) is 52.9 Å². The van der Waals surface area contributed by atoms with Crippen LogP contribution < -0.4 is 20.7 Å². The SMILES string of the molecule is CCCCC(CC)COc1nc(NN)nc(OCCC)n1. The summed E-state index contributed by atoms with van der Waals surface area (Å²) in [6.07, 6.45) is 5.51. The largest absolute Gasteiger partial charge is 0.463 e. The van der Waals surface area contributed by atoms with Crippen molar-refractivity contribution >= 4 is 5.95 Å². The number of ether oxygens (including phenoxy) is 2. The first-order chi connectivity index (χ1) is 10.2. The smallest absolute Gasteiger partial charge is 0.324 e. The van der Waals surface area contributed by atoms with E-state index >= 15 is 0 Å². The minimum absolute atomic E-state index is 0.233. The average Bonchev–Trinajstić information content (AvgIpc) is 2.52. The van der Waals surface area contributed by atoms with Gasteiger partial charge in [0.1, 0.15) is 0 Å². The summed E-state index contributed by atoms with van der Waals surface area (Å²) in [5.41, 5.74) is 2.40. The first kappa shape index (κ1) is 17.4. The standard InChI is InChI=1S/C14H27N5O2/c1-4-7-8-11(6-3)10-21-14-17-12(19-15)16-13(18-14)20-9-5-2/h11H,4-10,15H2,1-3H3,(H,16,17,18,19). The van der Waals surface area contributed by atoms with Crippen molar-refractivity contribution in [3.63, 3.8) is 0 Å². The van der Waals surface area contributed by atoms with Crippen LogP contribution in [0.15, 0.2) is 0 Å². The fourth-order valence-corrected chi connectivity index (χ4v) is 1.82. The van der Waals surface area contributed by atoms with Crippen LogP contribution in [0.1, 0.15) is 52.9 Å². The van der Waals surface area contributed by atoms with E-state index in [9.17, 15) is 0 Å². The molecule has 1 unspecified atom stereocenters. The molecule has 0 radical (unpaired) electrons. The molecule has 1 rings (SSSR count). The van der Waals surface area contributed by atoms with Gasteiger partial charge in [-0.3, -0.25) is 5.43 Å². The highest BCUT2D eigenvalue weighted by molar-refractivity contribution is 5.25. The summed E-state index contributed by atoms with van der Waals surface area (Å²) in [5.74, 6) is 6.10. The molecular weight excluding hydrogens is 270 g/mol. The predicted molar refractivity (Wildman–Crippen MR) is 82.2 cm³/mol. The number of nitrogens with zero attached hydrogens (tertiary/aromatic N) is 3. The average molecular weight is 297 g/mol. The molecule has 0 bridgehead atoms. The maximum Gasteiger partial charge on any atom is 0.324 e. The minimum atomic E-state index is 0.233. The van der Waals surface area contributed by atoms with Gasteiger partial charge in [-0.1, -0.05) is 40.0 Å². The Morgan fingerprint density at radius 2 is 1.76 bits per heavy atom. The lowest BCUT2D eigenvalue weighted by molar-refractivity contribution is 0.211. The maximum absolute atomic E-state index is 5.68. The Hall–Kier alpha value is -1.63. The Kier molecular flexibility index (Phi) is 8.42. The molecule has 0 saturated heterocycles. The van der Waals surface area contributed by atoms with Crippen LogP contribution in [0.25, 0.3) is 0 Å².